The van der Waals surface area contributed by atoms with Gasteiger partial charge in [0, 0.05) is 11.8 Å². The quantitative estimate of drug-likeness (QED) is 0.605. The van der Waals surface area contributed by atoms with Crippen molar-refractivity contribution in [3.63, 3.8) is 0 Å². The molecule has 0 amide bonds. The van der Waals surface area contributed by atoms with Crippen LogP contribution in [0.4, 0.5) is 4.39 Å². The first kappa shape index (κ1) is 15.0. The summed E-state index contributed by atoms with van der Waals surface area (Å²) in [5.41, 5.74) is 2.40. The number of hydrogen-bond acceptors (Lipinski definition) is 5. The van der Waals surface area contributed by atoms with Crippen molar-refractivity contribution in [3.8, 4) is 39.8 Å². The van der Waals surface area contributed by atoms with Crippen molar-refractivity contribution in [2.75, 3.05) is 0 Å². The van der Waals surface area contributed by atoms with E-state index in [9.17, 15) is 9.50 Å². The van der Waals surface area contributed by atoms with Crippen molar-refractivity contribution in [2.24, 2.45) is 0 Å². The molecule has 0 aliphatic carbocycles. The molecule has 6 heteroatoms. The maximum absolute atomic E-state index is 13.8. The van der Waals surface area contributed by atoms with E-state index in [0.717, 1.165) is 5.56 Å². The average molecular weight is 333 g/mol. The SMILES string of the molecule is Oc1cccc(-c2ccc(-c3nc(-c4ccccc4F)no3)cn2)c1. The molecule has 2 aromatic carbocycles. The minimum absolute atomic E-state index is 0.176. The topological polar surface area (TPSA) is 72.0 Å². The summed E-state index contributed by atoms with van der Waals surface area (Å²) in [5.74, 6) is 0.209. The minimum Gasteiger partial charge on any atom is -0.508 e. The van der Waals surface area contributed by atoms with Crippen LogP contribution in [-0.4, -0.2) is 20.2 Å². The van der Waals surface area contributed by atoms with Crippen molar-refractivity contribution in [1.29, 1.82) is 0 Å². The van der Waals surface area contributed by atoms with E-state index in [2.05, 4.69) is 15.1 Å². The molecule has 0 aliphatic heterocycles. The average Bonchev–Trinajstić information content (AvgIpc) is 3.12. The molecular formula is C19H12FN3O2. The number of aromatic nitrogens is 3. The lowest BCUT2D eigenvalue weighted by Crippen LogP contribution is -1.87. The first-order chi connectivity index (χ1) is 12.2. The van der Waals surface area contributed by atoms with Crippen molar-refractivity contribution >= 4 is 0 Å². The largest absolute Gasteiger partial charge is 0.508 e. The molecule has 0 radical (unpaired) electrons. The van der Waals surface area contributed by atoms with Crippen LogP contribution in [0, 0.1) is 5.82 Å². The highest BCUT2D eigenvalue weighted by molar-refractivity contribution is 5.65. The molecule has 25 heavy (non-hydrogen) atoms. The zero-order valence-electron chi connectivity index (χ0n) is 12.9. The zero-order valence-corrected chi connectivity index (χ0v) is 12.9. The lowest BCUT2D eigenvalue weighted by Gasteiger charge is -2.02. The Labute approximate surface area is 142 Å². The lowest BCUT2D eigenvalue weighted by atomic mass is 10.1. The van der Waals surface area contributed by atoms with E-state index >= 15 is 0 Å². The predicted octanol–water partition coefficient (Wildman–Crippen LogP) is 4.31. The normalized spacial score (nSPS) is 10.8. The Morgan fingerprint density at radius 3 is 2.56 bits per heavy atom. The summed E-state index contributed by atoms with van der Waals surface area (Å²) in [6.07, 6.45) is 1.60. The van der Waals surface area contributed by atoms with E-state index < -0.39 is 5.82 Å². The van der Waals surface area contributed by atoms with Crippen LogP contribution in [0.1, 0.15) is 0 Å². The van der Waals surface area contributed by atoms with Crippen LogP contribution >= 0.6 is 0 Å². The van der Waals surface area contributed by atoms with E-state index in [1.165, 1.54) is 6.07 Å². The highest BCUT2D eigenvalue weighted by Crippen LogP contribution is 2.26. The Morgan fingerprint density at radius 1 is 0.920 bits per heavy atom. The third-order valence-corrected chi connectivity index (χ3v) is 3.69. The van der Waals surface area contributed by atoms with E-state index in [4.69, 9.17) is 4.52 Å². The van der Waals surface area contributed by atoms with Gasteiger partial charge in [0.1, 0.15) is 11.6 Å². The monoisotopic (exact) mass is 333 g/mol. The first-order valence-electron chi connectivity index (χ1n) is 7.55. The van der Waals surface area contributed by atoms with Gasteiger partial charge in [0.25, 0.3) is 5.89 Å². The molecule has 0 saturated heterocycles. The van der Waals surface area contributed by atoms with Crippen molar-refractivity contribution < 1.29 is 14.0 Å². The molecule has 0 atom stereocenters. The molecule has 4 aromatic rings. The van der Waals surface area contributed by atoms with Gasteiger partial charge in [-0.2, -0.15) is 4.98 Å². The molecule has 5 nitrogen and oxygen atoms in total. The summed E-state index contributed by atoms with van der Waals surface area (Å²) in [4.78, 5) is 8.58. The maximum atomic E-state index is 13.8. The number of phenolic OH excluding ortho intramolecular Hbond substituents is 1. The van der Waals surface area contributed by atoms with E-state index in [1.54, 1.807) is 54.7 Å². The van der Waals surface area contributed by atoms with Crippen LogP contribution in [0.3, 0.4) is 0 Å². The van der Waals surface area contributed by atoms with Crippen LogP contribution in [0.5, 0.6) is 5.75 Å². The Balaban J connectivity index is 1.64. The fourth-order valence-electron chi connectivity index (χ4n) is 2.45. The standard InChI is InChI=1S/C19H12FN3O2/c20-16-7-2-1-6-15(16)18-22-19(25-23-18)13-8-9-17(21-11-13)12-4-3-5-14(24)10-12/h1-11,24H. The molecule has 122 valence electrons. The fraction of sp³-hybridized carbons (Fsp3) is 0. The van der Waals surface area contributed by atoms with Gasteiger partial charge in [-0.3, -0.25) is 4.98 Å². The van der Waals surface area contributed by atoms with Gasteiger partial charge in [-0.25, -0.2) is 4.39 Å². The van der Waals surface area contributed by atoms with Crippen LogP contribution < -0.4 is 0 Å². The molecule has 2 aromatic heterocycles. The summed E-state index contributed by atoms with van der Waals surface area (Å²) in [6.45, 7) is 0. The van der Waals surface area contributed by atoms with Crippen LogP contribution in [0.15, 0.2) is 71.4 Å². The number of pyridine rings is 1. The van der Waals surface area contributed by atoms with Crippen molar-refractivity contribution in [1.82, 2.24) is 15.1 Å². The molecule has 0 bridgehead atoms. The van der Waals surface area contributed by atoms with Gasteiger partial charge >= 0.3 is 0 Å². The summed E-state index contributed by atoms with van der Waals surface area (Å²) < 4.78 is 19.0. The zero-order chi connectivity index (χ0) is 17.2. The third kappa shape index (κ3) is 2.97. The number of halogens is 1. The Morgan fingerprint density at radius 2 is 1.80 bits per heavy atom. The number of benzene rings is 2. The van der Waals surface area contributed by atoms with Gasteiger partial charge in [0.2, 0.25) is 5.82 Å². The van der Waals surface area contributed by atoms with Gasteiger partial charge in [-0.15, -0.1) is 0 Å². The van der Waals surface area contributed by atoms with E-state index in [-0.39, 0.29) is 23.0 Å². The molecule has 0 saturated carbocycles. The van der Waals surface area contributed by atoms with Gasteiger partial charge in [-0.05, 0) is 36.4 Å². The van der Waals surface area contributed by atoms with Gasteiger partial charge < -0.3 is 9.63 Å². The van der Waals surface area contributed by atoms with Gasteiger partial charge in [0.05, 0.1) is 16.8 Å². The summed E-state index contributed by atoms with van der Waals surface area (Å²) in [5, 5.41) is 13.4. The smallest absolute Gasteiger partial charge is 0.259 e. The highest BCUT2D eigenvalue weighted by atomic mass is 19.1. The summed E-state index contributed by atoms with van der Waals surface area (Å²) >= 11 is 0. The van der Waals surface area contributed by atoms with Crippen molar-refractivity contribution in [3.05, 3.63) is 72.7 Å². The summed E-state index contributed by atoms with van der Waals surface area (Å²) in [7, 11) is 0. The van der Waals surface area contributed by atoms with E-state index in [1.807, 2.05) is 6.07 Å². The van der Waals surface area contributed by atoms with E-state index in [0.29, 0.717) is 11.3 Å². The number of nitrogens with zero attached hydrogens (tertiary/aromatic N) is 3. The molecule has 0 spiro atoms. The molecule has 0 unspecified atom stereocenters. The number of rotatable bonds is 3. The Kier molecular flexibility index (Phi) is 3.70. The second-order valence-corrected chi connectivity index (χ2v) is 5.39. The predicted molar refractivity (Wildman–Crippen MR) is 90.0 cm³/mol. The lowest BCUT2D eigenvalue weighted by molar-refractivity contribution is 0.431. The fourth-order valence-corrected chi connectivity index (χ4v) is 2.45. The van der Waals surface area contributed by atoms with Crippen molar-refractivity contribution in [2.45, 2.75) is 0 Å². The minimum atomic E-state index is -0.410. The summed E-state index contributed by atoms with van der Waals surface area (Å²) in [6, 6.07) is 16.6. The number of hydrogen-bond donors (Lipinski definition) is 1. The van der Waals surface area contributed by atoms with Gasteiger partial charge in [-0.1, -0.05) is 29.4 Å². The molecule has 4 rings (SSSR count). The second kappa shape index (κ2) is 6.16. The molecule has 1 N–H and O–H groups in total. The maximum Gasteiger partial charge on any atom is 0.259 e. The Hall–Kier alpha value is -3.54. The highest BCUT2D eigenvalue weighted by Gasteiger charge is 2.14. The first-order valence-corrected chi connectivity index (χ1v) is 7.55. The number of aromatic hydroxyl groups is 1. The second-order valence-electron chi connectivity index (χ2n) is 5.39. The van der Waals surface area contributed by atoms with Crippen LogP contribution in [0.2, 0.25) is 0 Å². The Bertz CT molecular complexity index is 1030. The van der Waals surface area contributed by atoms with Crippen LogP contribution in [-0.2, 0) is 0 Å². The number of phenols is 1. The molecule has 2 heterocycles. The van der Waals surface area contributed by atoms with Crippen LogP contribution in [0.25, 0.3) is 34.1 Å². The molecular weight excluding hydrogens is 321 g/mol. The third-order valence-electron chi connectivity index (χ3n) is 3.69. The van der Waals surface area contributed by atoms with Gasteiger partial charge in [0.15, 0.2) is 0 Å². The molecule has 0 aliphatic rings. The molecule has 0 fully saturated rings.